The Morgan fingerprint density at radius 1 is 1.29 bits per heavy atom. The quantitative estimate of drug-likeness (QED) is 0.901. The molecule has 116 valence electrons. The summed E-state index contributed by atoms with van der Waals surface area (Å²) in [6.07, 6.45) is 3.70. The van der Waals surface area contributed by atoms with Crippen molar-refractivity contribution < 1.29 is 4.74 Å². The van der Waals surface area contributed by atoms with Crippen molar-refractivity contribution in [3.05, 3.63) is 29.3 Å². The molecule has 3 heteroatoms. The first kappa shape index (κ1) is 14.9. The summed E-state index contributed by atoms with van der Waals surface area (Å²) in [6.45, 7) is 11.2. The summed E-state index contributed by atoms with van der Waals surface area (Å²) in [5.41, 5.74) is 2.81. The maximum Gasteiger partial charge on any atom is 0.127 e. The summed E-state index contributed by atoms with van der Waals surface area (Å²) in [5.74, 6) is 1.13. The monoisotopic (exact) mass is 288 g/mol. The molecule has 21 heavy (non-hydrogen) atoms. The highest BCUT2D eigenvalue weighted by Crippen LogP contribution is 2.40. The van der Waals surface area contributed by atoms with Crippen LogP contribution in [0.4, 0.5) is 0 Å². The van der Waals surface area contributed by atoms with Crippen molar-refractivity contribution in [1.82, 2.24) is 10.2 Å². The third kappa shape index (κ3) is 2.69. The van der Waals surface area contributed by atoms with Crippen LogP contribution in [0.15, 0.2) is 18.2 Å². The zero-order valence-corrected chi connectivity index (χ0v) is 13.6. The van der Waals surface area contributed by atoms with Crippen molar-refractivity contribution in [3.8, 4) is 5.75 Å². The van der Waals surface area contributed by atoms with Crippen LogP contribution >= 0.6 is 0 Å². The molecule has 1 atom stereocenters. The average Bonchev–Trinajstić information content (AvgIpc) is 3.14. The molecule has 1 fully saturated rings. The number of hydrogen-bond acceptors (Lipinski definition) is 3. The van der Waals surface area contributed by atoms with E-state index in [1.54, 1.807) is 0 Å². The molecule has 2 heterocycles. The van der Waals surface area contributed by atoms with E-state index in [2.05, 4.69) is 49.2 Å². The van der Waals surface area contributed by atoms with Gasteiger partial charge in [-0.3, -0.25) is 4.90 Å². The van der Waals surface area contributed by atoms with Gasteiger partial charge in [0.2, 0.25) is 0 Å². The van der Waals surface area contributed by atoms with Gasteiger partial charge in [-0.15, -0.1) is 0 Å². The molecular formula is C18H28N2O. The molecule has 0 radical (unpaired) electrons. The molecule has 0 bridgehead atoms. The lowest BCUT2D eigenvalue weighted by atomic mass is 9.85. The van der Waals surface area contributed by atoms with E-state index in [9.17, 15) is 0 Å². The van der Waals surface area contributed by atoms with E-state index in [1.807, 2.05) is 0 Å². The largest absolute Gasteiger partial charge is 0.493 e. The van der Waals surface area contributed by atoms with Gasteiger partial charge in [-0.2, -0.15) is 0 Å². The lowest BCUT2D eigenvalue weighted by molar-refractivity contribution is 0.106. The summed E-state index contributed by atoms with van der Waals surface area (Å²) in [4.78, 5) is 2.63. The van der Waals surface area contributed by atoms with E-state index in [0.29, 0.717) is 6.04 Å². The van der Waals surface area contributed by atoms with Gasteiger partial charge in [-0.1, -0.05) is 25.1 Å². The van der Waals surface area contributed by atoms with Crippen molar-refractivity contribution in [2.45, 2.75) is 51.6 Å². The predicted molar refractivity (Wildman–Crippen MR) is 86.9 cm³/mol. The standard InChI is InChI=1S/C18H28N2O/c1-4-19-17(18(2,3)20-11-5-6-12-20)15-9-7-8-14-10-13-21-16(14)15/h7-9,17,19H,4-6,10-13H2,1-3H3. The lowest BCUT2D eigenvalue weighted by Gasteiger charge is -2.43. The van der Waals surface area contributed by atoms with Crippen LogP contribution in [0.1, 0.15) is 50.8 Å². The Balaban J connectivity index is 1.96. The first-order chi connectivity index (χ1) is 10.1. The van der Waals surface area contributed by atoms with E-state index >= 15 is 0 Å². The second-order valence-electron chi connectivity index (χ2n) is 6.77. The van der Waals surface area contributed by atoms with Crippen LogP contribution in [0.25, 0.3) is 0 Å². The van der Waals surface area contributed by atoms with Crippen LogP contribution < -0.4 is 10.1 Å². The van der Waals surface area contributed by atoms with Crippen LogP contribution in [0, 0.1) is 0 Å². The van der Waals surface area contributed by atoms with E-state index in [1.165, 1.54) is 37.1 Å². The van der Waals surface area contributed by atoms with Crippen LogP contribution in [0.2, 0.25) is 0 Å². The molecule has 3 nitrogen and oxygen atoms in total. The predicted octanol–water partition coefficient (Wildman–Crippen LogP) is 3.15. The molecule has 1 unspecified atom stereocenters. The highest BCUT2D eigenvalue weighted by molar-refractivity contribution is 5.46. The molecule has 0 saturated carbocycles. The van der Waals surface area contributed by atoms with Gasteiger partial charge in [-0.25, -0.2) is 0 Å². The van der Waals surface area contributed by atoms with Crippen molar-refractivity contribution in [2.24, 2.45) is 0 Å². The smallest absolute Gasteiger partial charge is 0.127 e. The number of hydrogen-bond donors (Lipinski definition) is 1. The molecule has 1 aromatic rings. The fourth-order valence-electron chi connectivity index (χ4n) is 3.89. The molecule has 3 rings (SSSR count). The van der Waals surface area contributed by atoms with Crippen LogP contribution in [0.3, 0.4) is 0 Å². The molecule has 0 aliphatic carbocycles. The Morgan fingerprint density at radius 2 is 2.05 bits per heavy atom. The van der Waals surface area contributed by atoms with E-state index < -0.39 is 0 Å². The van der Waals surface area contributed by atoms with Gasteiger partial charge in [0.1, 0.15) is 5.75 Å². The Bertz CT molecular complexity index is 492. The van der Waals surface area contributed by atoms with E-state index in [4.69, 9.17) is 4.74 Å². The van der Waals surface area contributed by atoms with Crippen LogP contribution in [0.5, 0.6) is 5.75 Å². The van der Waals surface area contributed by atoms with Gasteiger partial charge in [0, 0.05) is 17.5 Å². The highest BCUT2D eigenvalue weighted by atomic mass is 16.5. The number of nitrogens with one attached hydrogen (secondary N) is 1. The number of para-hydroxylation sites is 1. The summed E-state index contributed by atoms with van der Waals surface area (Å²) >= 11 is 0. The van der Waals surface area contributed by atoms with Gasteiger partial charge in [0.05, 0.1) is 12.6 Å². The number of rotatable bonds is 5. The Hall–Kier alpha value is -1.06. The summed E-state index contributed by atoms with van der Waals surface area (Å²) in [7, 11) is 0. The molecule has 0 amide bonds. The van der Waals surface area contributed by atoms with Crippen molar-refractivity contribution in [3.63, 3.8) is 0 Å². The fourth-order valence-corrected chi connectivity index (χ4v) is 3.89. The molecular weight excluding hydrogens is 260 g/mol. The normalized spacial score (nSPS) is 20.3. The molecule has 1 aromatic carbocycles. The van der Waals surface area contributed by atoms with Gasteiger partial charge < -0.3 is 10.1 Å². The number of nitrogens with zero attached hydrogens (tertiary/aromatic N) is 1. The molecule has 2 aliphatic heterocycles. The van der Waals surface area contributed by atoms with Gasteiger partial charge >= 0.3 is 0 Å². The zero-order chi connectivity index (χ0) is 14.9. The number of benzene rings is 1. The van der Waals surface area contributed by atoms with Crippen LogP contribution in [-0.2, 0) is 6.42 Å². The SMILES string of the molecule is CCNC(c1cccc2c1OCC2)C(C)(C)N1CCCC1. The first-order valence-corrected chi connectivity index (χ1v) is 8.37. The Labute approximate surface area is 128 Å². The second kappa shape index (κ2) is 5.98. The zero-order valence-electron chi connectivity index (χ0n) is 13.6. The fraction of sp³-hybridized carbons (Fsp3) is 0.667. The van der Waals surface area contributed by atoms with E-state index in [0.717, 1.165) is 25.3 Å². The van der Waals surface area contributed by atoms with Crippen LogP contribution in [-0.4, -0.2) is 36.7 Å². The van der Waals surface area contributed by atoms with Gasteiger partial charge in [-0.05, 0) is 51.9 Å². The maximum atomic E-state index is 5.96. The molecule has 1 N–H and O–H groups in total. The summed E-state index contributed by atoms with van der Waals surface area (Å²) in [5, 5.41) is 3.72. The number of likely N-dealkylation sites (N-methyl/N-ethyl adjacent to an activating group) is 1. The minimum absolute atomic E-state index is 0.105. The topological polar surface area (TPSA) is 24.5 Å². The average molecular weight is 288 g/mol. The third-order valence-electron chi connectivity index (χ3n) is 5.09. The number of fused-ring (bicyclic) bond motifs is 1. The molecule has 1 saturated heterocycles. The first-order valence-electron chi connectivity index (χ1n) is 8.37. The summed E-state index contributed by atoms with van der Waals surface area (Å²) in [6, 6.07) is 6.95. The van der Waals surface area contributed by atoms with Crippen molar-refractivity contribution >= 4 is 0 Å². The number of likely N-dealkylation sites (tertiary alicyclic amines) is 1. The molecule has 0 spiro atoms. The van der Waals surface area contributed by atoms with Crippen molar-refractivity contribution in [2.75, 3.05) is 26.2 Å². The second-order valence-corrected chi connectivity index (χ2v) is 6.77. The Kier molecular flexibility index (Phi) is 4.23. The minimum Gasteiger partial charge on any atom is -0.493 e. The molecule has 2 aliphatic rings. The minimum atomic E-state index is 0.105. The van der Waals surface area contributed by atoms with Crippen molar-refractivity contribution in [1.29, 1.82) is 0 Å². The summed E-state index contributed by atoms with van der Waals surface area (Å²) < 4.78 is 5.96. The Morgan fingerprint density at radius 3 is 2.76 bits per heavy atom. The lowest BCUT2D eigenvalue weighted by Crippen LogP contribution is -2.51. The number of ether oxygens (including phenoxy) is 1. The maximum absolute atomic E-state index is 5.96. The van der Waals surface area contributed by atoms with Gasteiger partial charge in [0.15, 0.2) is 0 Å². The molecule has 0 aromatic heterocycles. The van der Waals surface area contributed by atoms with Gasteiger partial charge in [0.25, 0.3) is 0 Å². The third-order valence-corrected chi connectivity index (χ3v) is 5.09. The highest BCUT2D eigenvalue weighted by Gasteiger charge is 2.39. The van der Waals surface area contributed by atoms with E-state index in [-0.39, 0.29) is 5.54 Å².